The van der Waals surface area contributed by atoms with E-state index in [0.717, 1.165) is 63.7 Å². The van der Waals surface area contributed by atoms with Crippen LogP contribution < -0.4 is 0 Å². The lowest BCUT2D eigenvalue weighted by molar-refractivity contribution is -0.167. The molecule has 57 heavy (non-hydrogen) atoms. The number of hydrogen-bond donors (Lipinski definition) is 0. The fourth-order valence-corrected chi connectivity index (χ4v) is 7.69. The second-order valence-corrected chi connectivity index (χ2v) is 17.9. The molecule has 0 spiro atoms. The summed E-state index contributed by atoms with van der Waals surface area (Å²) in [6, 6.07) is 0. The van der Waals surface area contributed by atoms with E-state index in [9.17, 15) is 14.4 Å². The fraction of sp³-hybridized carbons (Fsp3) is 0.941. The molecular weight excluding hydrogens is 709 g/mol. The first kappa shape index (κ1) is 55.4. The normalized spacial score (nSPS) is 11.9. The predicted molar refractivity (Wildman–Crippen MR) is 243 cm³/mol. The maximum atomic E-state index is 12.7. The van der Waals surface area contributed by atoms with E-state index in [1.54, 1.807) is 0 Å². The van der Waals surface area contributed by atoms with E-state index in [0.29, 0.717) is 19.3 Å². The van der Waals surface area contributed by atoms with Crippen LogP contribution in [0.1, 0.15) is 285 Å². The Morgan fingerprint density at radius 3 is 0.860 bits per heavy atom. The quantitative estimate of drug-likeness (QED) is 0.0346. The summed E-state index contributed by atoms with van der Waals surface area (Å²) in [5, 5.41) is 0. The largest absolute Gasteiger partial charge is 0.462 e. The summed E-state index contributed by atoms with van der Waals surface area (Å²) in [4.78, 5) is 37.7. The minimum atomic E-state index is -0.759. The zero-order chi connectivity index (χ0) is 41.7. The van der Waals surface area contributed by atoms with Gasteiger partial charge in [-0.15, -0.1) is 0 Å². The highest BCUT2D eigenvalue weighted by Gasteiger charge is 2.19. The number of hydrogen-bond acceptors (Lipinski definition) is 6. The van der Waals surface area contributed by atoms with Crippen molar-refractivity contribution in [1.29, 1.82) is 0 Å². The molecule has 0 aliphatic rings. The average Bonchev–Trinajstić information content (AvgIpc) is 3.19. The van der Waals surface area contributed by atoms with Crippen molar-refractivity contribution in [3.8, 4) is 0 Å². The molecule has 0 amide bonds. The van der Waals surface area contributed by atoms with E-state index < -0.39 is 6.10 Å². The predicted octanol–water partition coefficient (Wildman–Crippen LogP) is 16.3. The Labute approximate surface area is 355 Å². The number of esters is 3. The lowest BCUT2D eigenvalue weighted by Crippen LogP contribution is -2.30. The Morgan fingerprint density at radius 1 is 0.333 bits per heavy atom. The Morgan fingerprint density at radius 2 is 0.579 bits per heavy atom. The van der Waals surface area contributed by atoms with Crippen molar-refractivity contribution in [3.05, 3.63) is 0 Å². The molecule has 0 aromatic heterocycles. The van der Waals surface area contributed by atoms with Crippen LogP contribution in [0, 0.1) is 5.92 Å². The summed E-state index contributed by atoms with van der Waals surface area (Å²) >= 11 is 0. The molecule has 0 aromatic carbocycles. The van der Waals surface area contributed by atoms with Crippen LogP contribution in [0.25, 0.3) is 0 Å². The molecular formula is C51H98O6. The van der Waals surface area contributed by atoms with Crippen LogP contribution in [-0.2, 0) is 28.6 Å². The number of unbranched alkanes of at least 4 members (excludes halogenated alkanes) is 33. The second-order valence-electron chi connectivity index (χ2n) is 17.9. The molecule has 6 heteroatoms. The average molecular weight is 807 g/mol. The monoisotopic (exact) mass is 807 g/mol. The van der Waals surface area contributed by atoms with Gasteiger partial charge in [0.05, 0.1) is 0 Å². The molecule has 0 bridgehead atoms. The van der Waals surface area contributed by atoms with Crippen molar-refractivity contribution in [3.63, 3.8) is 0 Å². The molecule has 0 radical (unpaired) electrons. The van der Waals surface area contributed by atoms with Crippen molar-refractivity contribution in [2.45, 2.75) is 291 Å². The van der Waals surface area contributed by atoms with E-state index in [4.69, 9.17) is 14.2 Å². The Bertz CT molecular complexity index is 857. The van der Waals surface area contributed by atoms with E-state index in [1.807, 2.05) is 0 Å². The molecule has 0 N–H and O–H groups in total. The smallest absolute Gasteiger partial charge is 0.306 e. The molecule has 0 unspecified atom stereocenters. The van der Waals surface area contributed by atoms with Crippen LogP contribution >= 0.6 is 0 Å². The first-order valence-corrected chi connectivity index (χ1v) is 25.4. The van der Waals surface area contributed by atoms with Gasteiger partial charge < -0.3 is 14.2 Å². The summed E-state index contributed by atoms with van der Waals surface area (Å²) < 4.78 is 16.7. The first-order valence-electron chi connectivity index (χ1n) is 25.4. The molecule has 338 valence electrons. The van der Waals surface area contributed by atoms with Crippen molar-refractivity contribution in [2.75, 3.05) is 13.2 Å². The van der Waals surface area contributed by atoms with Gasteiger partial charge in [-0.1, -0.05) is 246 Å². The highest BCUT2D eigenvalue weighted by atomic mass is 16.6. The van der Waals surface area contributed by atoms with Gasteiger partial charge in [0.15, 0.2) is 6.10 Å². The lowest BCUT2D eigenvalue weighted by atomic mass is 10.0. The van der Waals surface area contributed by atoms with Gasteiger partial charge >= 0.3 is 17.9 Å². The third-order valence-electron chi connectivity index (χ3n) is 11.5. The molecule has 1 atom stereocenters. The fourth-order valence-electron chi connectivity index (χ4n) is 7.69. The minimum absolute atomic E-state index is 0.0632. The zero-order valence-corrected chi connectivity index (χ0v) is 38.8. The van der Waals surface area contributed by atoms with Crippen molar-refractivity contribution in [1.82, 2.24) is 0 Å². The number of carbonyl (C=O) groups excluding carboxylic acids is 3. The summed E-state index contributed by atoms with van der Waals surface area (Å²) in [6.45, 7) is 9.00. The van der Waals surface area contributed by atoms with Gasteiger partial charge in [-0.2, -0.15) is 0 Å². The Kier molecular flexibility index (Phi) is 44.2. The SMILES string of the molecule is CCCCCCCCCCCCCCCC(=O)OC[C@@H](COC(=O)CCCCCCCCC)OC(=O)CCCCCCCCCCCCCCCCCCC(C)C. The summed E-state index contributed by atoms with van der Waals surface area (Å²) in [5.74, 6) is -0.000495. The van der Waals surface area contributed by atoms with Gasteiger partial charge in [0.25, 0.3) is 0 Å². The molecule has 0 heterocycles. The summed E-state index contributed by atoms with van der Waals surface area (Å²) in [7, 11) is 0. The van der Waals surface area contributed by atoms with Gasteiger partial charge in [-0.05, 0) is 25.2 Å². The molecule has 0 saturated heterocycles. The van der Waals surface area contributed by atoms with Crippen LogP contribution in [0.15, 0.2) is 0 Å². The molecule has 0 saturated carbocycles. The maximum absolute atomic E-state index is 12.7. The van der Waals surface area contributed by atoms with E-state index >= 15 is 0 Å². The third-order valence-corrected chi connectivity index (χ3v) is 11.5. The van der Waals surface area contributed by atoms with Crippen molar-refractivity contribution in [2.24, 2.45) is 5.92 Å². The molecule has 0 aliphatic heterocycles. The van der Waals surface area contributed by atoms with Crippen LogP contribution in [0.3, 0.4) is 0 Å². The highest BCUT2D eigenvalue weighted by molar-refractivity contribution is 5.71. The van der Waals surface area contributed by atoms with Crippen LogP contribution in [0.5, 0.6) is 0 Å². The zero-order valence-electron chi connectivity index (χ0n) is 38.8. The minimum Gasteiger partial charge on any atom is -0.462 e. The van der Waals surface area contributed by atoms with Gasteiger partial charge in [-0.25, -0.2) is 0 Å². The van der Waals surface area contributed by atoms with Crippen molar-refractivity contribution >= 4 is 17.9 Å². The molecule has 0 aromatic rings. The number of ether oxygens (including phenoxy) is 3. The highest BCUT2D eigenvalue weighted by Crippen LogP contribution is 2.17. The summed E-state index contributed by atoms with van der Waals surface area (Å²) in [6.07, 6.45) is 46.7. The maximum Gasteiger partial charge on any atom is 0.306 e. The topological polar surface area (TPSA) is 78.9 Å². The third kappa shape index (κ3) is 45.3. The van der Waals surface area contributed by atoms with Gasteiger partial charge in [-0.3, -0.25) is 14.4 Å². The molecule has 0 rings (SSSR count). The second kappa shape index (κ2) is 45.5. The number of carbonyl (C=O) groups is 3. The van der Waals surface area contributed by atoms with E-state index in [2.05, 4.69) is 27.7 Å². The van der Waals surface area contributed by atoms with Crippen molar-refractivity contribution < 1.29 is 28.6 Å². The van der Waals surface area contributed by atoms with Crippen LogP contribution in [0.4, 0.5) is 0 Å². The Hall–Kier alpha value is -1.59. The van der Waals surface area contributed by atoms with Crippen LogP contribution in [-0.4, -0.2) is 37.2 Å². The Balaban J connectivity index is 4.18. The van der Waals surface area contributed by atoms with Gasteiger partial charge in [0, 0.05) is 19.3 Å². The van der Waals surface area contributed by atoms with Gasteiger partial charge in [0.2, 0.25) is 0 Å². The van der Waals surface area contributed by atoms with Gasteiger partial charge in [0.1, 0.15) is 13.2 Å². The van der Waals surface area contributed by atoms with Crippen LogP contribution in [0.2, 0.25) is 0 Å². The number of rotatable bonds is 46. The standard InChI is InChI=1S/C51H98O6/c1-5-7-9-11-13-14-15-20-24-27-31-35-39-43-50(53)56-46-48(45-55-49(52)42-38-34-29-12-10-8-6-2)57-51(54)44-40-36-32-28-25-22-19-17-16-18-21-23-26-30-33-37-41-47(3)4/h47-48H,5-46H2,1-4H3/t48-/m1/s1. The first-order chi connectivity index (χ1) is 27.9. The van der Waals surface area contributed by atoms with E-state index in [1.165, 1.54) is 180 Å². The van der Waals surface area contributed by atoms with E-state index in [-0.39, 0.29) is 31.1 Å². The molecule has 0 fully saturated rings. The molecule has 6 nitrogen and oxygen atoms in total. The summed E-state index contributed by atoms with van der Waals surface area (Å²) in [5.41, 5.74) is 0. The lowest BCUT2D eigenvalue weighted by Gasteiger charge is -2.18. The molecule has 0 aliphatic carbocycles.